The van der Waals surface area contributed by atoms with Gasteiger partial charge in [0.15, 0.2) is 0 Å². The molecule has 2 rings (SSSR count). The van der Waals surface area contributed by atoms with Gasteiger partial charge in [-0.05, 0) is 63.5 Å². The largest absolute Gasteiger partial charge is 0.492 e. The molecule has 0 aliphatic heterocycles. The van der Waals surface area contributed by atoms with E-state index in [2.05, 4.69) is 18.8 Å². The number of pyridine rings is 1. The van der Waals surface area contributed by atoms with E-state index >= 15 is 0 Å². The summed E-state index contributed by atoms with van der Waals surface area (Å²) < 4.78 is 6.69. The molecule has 0 saturated heterocycles. The van der Waals surface area contributed by atoms with E-state index in [1.165, 1.54) is 12.1 Å². The van der Waals surface area contributed by atoms with Gasteiger partial charge >= 0.3 is 5.97 Å². The van der Waals surface area contributed by atoms with Crippen molar-refractivity contribution in [2.24, 2.45) is 0 Å². The molecule has 9 heteroatoms. The summed E-state index contributed by atoms with van der Waals surface area (Å²) in [6, 6.07) is 8.33. The smallest absolute Gasteiger partial charge is 0.333 e. The fourth-order valence-electron chi connectivity index (χ4n) is 2.28. The summed E-state index contributed by atoms with van der Waals surface area (Å²) in [4.78, 5) is 21.2. The van der Waals surface area contributed by atoms with Gasteiger partial charge in [0, 0.05) is 29.7 Å². The molecule has 2 N–H and O–H groups in total. The second-order valence-corrected chi connectivity index (χ2v) is 10.6. The first-order valence-electron chi connectivity index (χ1n) is 9.29. The summed E-state index contributed by atoms with van der Waals surface area (Å²) in [5.41, 5.74) is -0.505. The first kappa shape index (κ1) is 23.4. The van der Waals surface area contributed by atoms with Crippen LogP contribution in [0.25, 0.3) is 0 Å². The molecule has 0 saturated carbocycles. The maximum absolute atomic E-state index is 12.0. The van der Waals surface area contributed by atoms with Gasteiger partial charge in [-0.1, -0.05) is 16.9 Å². The molecule has 0 radical (unpaired) electrons. The van der Waals surface area contributed by atoms with Crippen LogP contribution in [0, 0.1) is 0 Å². The highest BCUT2D eigenvalue weighted by molar-refractivity contribution is 8.77. The lowest BCUT2D eigenvalue weighted by molar-refractivity contribution is -0.147. The molecule has 0 fully saturated rings. The molecule has 7 nitrogen and oxygen atoms in total. The zero-order valence-electron chi connectivity index (χ0n) is 17.1. The number of hydrogen-bond acceptors (Lipinski definition) is 8. The zero-order valence-corrected chi connectivity index (χ0v) is 18.8. The van der Waals surface area contributed by atoms with Crippen molar-refractivity contribution < 1.29 is 24.6 Å². The van der Waals surface area contributed by atoms with Crippen molar-refractivity contribution in [2.45, 2.75) is 62.3 Å². The Morgan fingerprint density at radius 1 is 1.10 bits per heavy atom. The predicted molar refractivity (Wildman–Crippen MR) is 115 cm³/mol. The summed E-state index contributed by atoms with van der Waals surface area (Å²) in [6.07, 6.45) is 3.17. The molecule has 0 amide bonds. The van der Waals surface area contributed by atoms with Crippen molar-refractivity contribution in [1.82, 2.24) is 9.71 Å². The third-order valence-electron chi connectivity index (χ3n) is 4.11. The summed E-state index contributed by atoms with van der Waals surface area (Å²) in [5, 5.41) is 20.0. The van der Waals surface area contributed by atoms with Crippen molar-refractivity contribution in [2.75, 3.05) is 6.61 Å². The van der Waals surface area contributed by atoms with E-state index in [4.69, 9.17) is 9.57 Å². The third-order valence-corrected chi connectivity index (χ3v) is 7.38. The lowest BCUT2D eigenvalue weighted by atomic mass is 10.0. The molecule has 2 aromatic rings. The van der Waals surface area contributed by atoms with Crippen LogP contribution >= 0.6 is 21.6 Å². The highest BCUT2D eigenvalue weighted by Crippen LogP contribution is 2.41. The maximum Gasteiger partial charge on any atom is 0.333 e. The zero-order chi connectivity index (χ0) is 21.5. The molecule has 0 spiro atoms. The molecular formula is C20H28N2O5S2. The maximum atomic E-state index is 12.0. The molecule has 2 aromatic heterocycles. The van der Waals surface area contributed by atoms with E-state index in [0.717, 1.165) is 11.4 Å². The Bertz CT molecular complexity index is 774. The SMILES string of the molecule is CC(C)(CCC(=O)On1c(O)ccc1O)OCCC(C)(C)SSc1ccccn1. The standard InChI is InChI=1S/C20H28N2O5S2/c1-19(2,11-10-18(25)27-22-16(23)8-9-17(22)24)26-14-12-20(3,4)29-28-15-7-5-6-13-21-15/h5-9,13,23-24H,10-12,14H2,1-4H3. The van der Waals surface area contributed by atoms with Gasteiger partial charge in [-0.25, -0.2) is 9.78 Å². The number of carbonyl (C=O) groups excluding carboxylic acids is 1. The van der Waals surface area contributed by atoms with Gasteiger partial charge in [0.2, 0.25) is 11.8 Å². The van der Waals surface area contributed by atoms with Crippen molar-refractivity contribution in [3.05, 3.63) is 36.5 Å². The Labute approximate surface area is 179 Å². The molecule has 0 aliphatic carbocycles. The summed E-state index contributed by atoms with van der Waals surface area (Å²) in [6.45, 7) is 8.74. The minimum atomic E-state index is -0.564. The Morgan fingerprint density at radius 3 is 2.41 bits per heavy atom. The van der Waals surface area contributed by atoms with Crippen molar-refractivity contribution in [1.29, 1.82) is 0 Å². The highest BCUT2D eigenvalue weighted by Gasteiger charge is 2.25. The van der Waals surface area contributed by atoms with E-state index in [9.17, 15) is 15.0 Å². The monoisotopic (exact) mass is 440 g/mol. The first-order chi connectivity index (χ1) is 13.6. The second kappa shape index (κ2) is 10.3. The quantitative estimate of drug-likeness (QED) is 0.496. The van der Waals surface area contributed by atoms with Gasteiger partial charge in [0.1, 0.15) is 5.03 Å². The summed E-state index contributed by atoms with van der Waals surface area (Å²) in [7, 11) is 3.40. The lowest BCUT2D eigenvalue weighted by Gasteiger charge is -2.28. The topological polar surface area (TPSA) is 93.8 Å². The Kier molecular flexibility index (Phi) is 8.30. The third kappa shape index (κ3) is 8.20. The van der Waals surface area contributed by atoms with Crippen molar-refractivity contribution in [3.63, 3.8) is 0 Å². The molecule has 0 unspecified atom stereocenters. The van der Waals surface area contributed by atoms with Crippen LogP contribution in [0.2, 0.25) is 0 Å². The van der Waals surface area contributed by atoms with Crippen LogP contribution in [0.15, 0.2) is 41.6 Å². The van der Waals surface area contributed by atoms with Crippen LogP contribution in [0.3, 0.4) is 0 Å². The van der Waals surface area contributed by atoms with Gasteiger partial charge in [0.25, 0.3) is 0 Å². The van der Waals surface area contributed by atoms with Crippen LogP contribution in [-0.4, -0.2) is 42.9 Å². The molecular weight excluding hydrogens is 412 g/mol. The number of ether oxygens (including phenoxy) is 1. The Balaban J connectivity index is 1.71. The van der Waals surface area contributed by atoms with Crippen molar-refractivity contribution >= 4 is 27.6 Å². The minimum Gasteiger partial charge on any atom is -0.492 e. The fraction of sp³-hybridized carbons (Fsp3) is 0.500. The minimum absolute atomic E-state index is 0.000670. The normalized spacial score (nSPS) is 12.1. The molecule has 0 atom stereocenters. The molecule has 0 bridgehead atoms. The molecule has 29 heavy (non-hydrogen) atoms. The van der Waals surface area contributed by atoms with Crippen molar-refractivity contribution in [3.8, 4) is 11.8 Å². The molecule has 0 aromatic carbocycles. The van der Waals surface area contributed by atoms with Gasteiger partial charge in [0.05, 0.1) is 12.0 Å². The lowest BCUT2D eigenvalue weighted by Crippen LogP contribution is -2.29. The van der Waals surface area contributed by atoms with Gasteiger partial charge in [-0.15, -0.1) is 4.73 Å². The van der Waals surface area contributed by atoms with Gasteiger partial charge in [-0.3, -0.25) is 0 Å². The Hall–Kier alpha value is -1.84. The number of rotatable bonds is 11. The van der Waals surface area contributed by atoms with Crippen LogP contribution < -0.4 is 4.84 Å². The van der Waals surface area contributed by atoms with E-state index in [1.54, 1.807) is 27.8 Å². The van der Waals surface area contributed by atoms with Crippen LogP contribution in [0.5, 0.6) is 11.8 Å². The molecule has 160 valence electrons. The number of hydrogen-bond donors (Lipinski definition) is 2. The number of aromatic hydroxyl groups is 2. The van der Waals surface area contributed by atoms with E-state index < -0.39 is 11.6 Å². The van der Waals surface area contributed by atoms with Crippen LogP contribution in [0.1, 0.15) is 47.0 Å². The first-order valence-corrected chi connectivity index (χ1v) is 11.4. The van der Waals surface area contributed by atoms with Gasteiger partial charge in [-0.2, -0.15) is 0 Å². The Morgan fingerprint density at radius 2 is 1.79 bits per heavy atom. The van der Waals surface area contributed by atoms with E-state index in [1.807, 2.05) is 32.0 Å². The van der Waals surface area contributed by atoms with E-state index in [-0.39, 0.29) is 22.9 Å². The number of nitrogens with zero attached hydrogens (tertiary/aromatic N) is 2. The summed E-state index contributed by atoms with van der Waals surface area (Å²) in [5.74, 6) is -1.24. The summed E-state index contributed by atoms with van der Waals surface area (Å²) >= 11 is 0. The van der Waals surface area contributed by atoms with Crippen LogP contribution in [-0.2, 0) is 9.53 Å². The van der Waals surface area contributed by atoms with Crippen LogP contribution in [0.4, 0.5) is 0 Å². The fourth-order valence-corrected chi connectivity index (χ4v) is 4.48. The number of carbonyl (C=O) groups is 1. The predicted octanol–water partition coefficient (Wildman–Crippen LogP) is 4.43. The average Bonchev–Trinajstić information content (AvgIpc) is 2.97. The average molecular weight is 441 g/mol. The number of aromatic nitrogens is 2. The second-order valence-electron chi connectivity index (χ2n) is 7.76. The van der Waals surface area contributed by atoms with E-state index in [0.29, 0.717) is 17.8 Å². The molecule has 0 aliphatic rings. The van der Waals surface area contributed by atoms with Gasteiger partial charge < -0.3 is 19.8 Å². The highest BCUT2D eigenvalue weighted by atomic mass is 33.1. The molecule has 2 heterocycles.